The first-order chi connectivity index (χ1) is 10.0. The number of nitrogens with zero attached hydrogens (tertiary/aromatic N) is 1. The molecule has 2 aromatic carbocycles. The number of amidine groups is 1. The number of benzene rings is 2. The van der Waals surface area contributed by atoms with Crippen molar-refractivity contribution in [2.24, 2.45) is 10.9 Å². The molecule has 0 radical (unpaired) electrons. The first-order valence-electron chi connectivity index (χ1n) is 5.85. The van der Waals surface area contributed by atoms with Crippen molar-refractivity contribution in [1.29, 1.82) is 0 Å². The Labute approximate surface area is 130 Å². The second-order valence-corrected chi connectivity index (χ2v) is 4.97. The summed E-state index contributed by atoms with van der Waals surface area (Å²) in [6.45, 7) is 0.149. The Kier molecular flexibility index (Phi) is 4.88. The zero-order chi connectivity index (χ0) is 15.4. The molecule has 0 spiro atoms. The average molecular weight is 329 g/mol. The van der Waals surface area contributed by atoms with Crippen LogP contribution in [0.15, 0.2) is 41.6 Å². The first-order valence-corrected chi connectivity index (χ1v) is 6.61. The fourth-order valence-electron chi connectivity index (χ4n) is 1.61. The average Bonchev–Trinajstić information content (AvgIpc) is 2.48. The molecule has 0 unspecified atom stereocenters. The van der Waals surface area contributed by atoms with Gasteiger partial charge in [-0.2, -0.15) is 0 Å². The normalized spacial score (nSPS) is 11.5. The van der Waals surface area contributed by atoms with Gasteiger partial charge in [0, 0.05) is 22.2 Å². The zero-order valence-corrected chi connectivity index (χ0v) is 12.2. The number of halogens is 3. The minimum Gasteiger partial charge on any atom is -0.489 e. The molecule has 110 valence electrons. The van der Waals surface area contributed by atoms with Gasteiger partial charge in [-0.1, -0.05) is 40.5 Å². The summed E-state index contributed by atoms with van der Waals surface area (Å²) in [7, 11) is 0. The smallest absolute Gasteiger partial charge is 0.170 e. The highest BCUT2D eigenvalue weighted by atomic mass is 35.5. The van der Waals surface area contributed by atoms with Gasteiger partial charge in [0.05, 0.1) is 5.02 Å². The Morgan fingerprint density at radius 3 is 2.57 bits per heavy atom. The lowest BCUT2D eigenvalue weighted by atomic mass is 10.1. The van der Waals surface area contributed by atoms with E-state index >= 15 is 0 Å². The number of hydrogen-bond acceptors (Lipinski definition) is 3. The topological polar surface area (TPSA) is 67.8 Å². The van der Waals surface area contributed by atoms with E-state index in [0.717, 1.165) is 0 Å². The van der Waals surface area contributed by atoms with Crippen LogP contribution < -0.4 is 10.5 Å². The maximum absolute atomic E-state index is 13.3. The molecule has 0 amide bonds. The van der Waals surface area contributed by atoms with Crippen LogP contribution in [0.5, 0.6) is 5.75 Å². The van der Waals surface area contributed by atoms with Crippen molar-refractivity contribution in [3.05, 3.63) is 63.4 Å². The van der Waals surface area contributed by atoms with Crippen LogP contribution in [0.25, 0.3) is 0 Å². The van der Waals surface area contributed by atoms with E-state index in [2.05, 4.69) is 5.16 Å². The van der Waals surface area contributed by atoms with Gasteiger partial charge in [0.25, 0.3) is 0 Å². The lowest BCUT2D eigenvalue weighted by molar-refractivity contribution is 0.304. The van der Waals surface area contributed by atoms with Crippen molar-refractivity contribution in [1.82, 2.24) is 0 Å². The third kappa shape index (κ3) is 3.77. The highest BCUT2D eigenvalue weighted by molar-refractivity contribution is 6.31. The summed E-state index contributed by atoms with van der Waals surface area (Å²) in [6, 6.07) is 9.04. The van der Waals surface area contributed by atoms with Crippen LogP contribution in [-0.2, 0) is 6.61 Å². The fourth-order valence-corrected chi connectivity index (χ4v) is 1.96. The van der Waals surface area contributed by atoms with Crippen LogP contribution >= 0.6 is 23.2 Å². The van der Waals surface area contributed by atoms with Gasteiger partial charge in [-0.25, -0.2) is 4.39 Å². The summed E-state index contributed by atoms with van der Waals surface area (Å²) in [5.41, 5.74) is 6.64. The molecule has 4 nitrogen and oxygen atoms in total. The summed E-state index contributed by atoms with van der Waals surface area (Å²) in [5, 5.41) is 11.9. The number of nitrogens with two attached hydrogens (primary N) is 1. The van der Waals surface area contributed by atoms with Crippen molar-refractivity contribution in [2.45, 2.75) is 6.61 Å². The molecule has 0 fully saturated rings. The van der Waals surface area contributed by atoms with Crippen LogP contribution in [-0.4, -0.2) is 11.0 Å². The molecule has 0 saturated heterocycles. The van der Waals surface area contributed by atoms with Crippen molar-refractivity contribution < 1.29 is 14.3 Å². The Hall–Kier alpha value is -1.98. The van der Waals surface area contributed by atoms with Gasteiger partial charge < -0.3 is 15.7 Å². The Balaban J connectivity index is 2.11. The molecule has 0 aromatic heterocycles. The molecule has 0 saturated carbocycles. The largest absolute Gasteiger partial charge is 0.489 e. The van der Waals surface area contributed by atoms with Crippen LogP contribution in [0.2, 0.25) is 10.0 Å². The molecule has 3 N–H and O–H groups in total. The standard InChI is InChI=1S/C14H11Cl2FN2O2/c15-11-4-3-10(6-13(11)17)21-7-9-2-1-8(5-12(9)16)14(18)19-20/h1-6,20H,7H2,(H2,18,19). The van der Waals surface area contributed by atoms with Gasteiger partial charge in [0.1, 0.15) is 18.2 Å². The highest BCUT2D eigenvalue weighted by Gasteiger charge is 2.07. The van der Waals surface area contributed by atoms with Crippen molar-refractivity contribution in [2.75, 3.05) is 0 Å². The van der Waals surface area contributed by atoms with Crippen LogP contribution in [0, 0.1) is 5.82 Å². The molecule has 0 aliphatic carbocycles. The van der Waals surface area contributed by atoms with Gasteiger partial charge in [0.2, 0.25) is 0 Å². The van der Waals surface area contributed by atoms with Crippen LogP contribution in [0.1, 0.15) is 11.1 Å². The van der Waals surface area contributed by atoms with Gasteiger partial charge in [-0.3, -0.25) is 0 Å². The molecule has 0 atom stereocenters. The van der Waals surface area contributed by atoms with Crippen molar-refractivity contribution in [3.8, 4) is 5.75 Å². The van der Waals surface area contributed by atoms with E-state index in [0.29, 0.717) is 21.9 Å². The quantitative estimate of drug-likeness (QED) is 0.388. The predicted molar refractivity (Wildman–Crippen MR) is 79.7 cm³/mol. The van der Waals surface area contributed by atoms with E-state index in [1.54, 1.807) is 24.3 Å². The lowest BCUT2D eigenvalue weighted by Gasteiger charge is -2.09. The molecular formula is C14H11Cl2FN2O2. The molecule has 21 heavy (non-hydrogen) atoms. The number of hydrogen-bond donors (Lipinski definition) is 2. The van der Waals surface area contributed by atoms with Gasteiger partial charge in [-0.15, -0.1) is 0 Å². The van der Waals surface area contributed by atoms with Crippen LogP contribution in [0.3, 0.4) is 0 Å². The van der Waals surface area contributed by atoms with Crippen LogP contribution in [0.4, 0.5) is 4.39 Å². The fraction of sp³-hybridized carbons (Fsp3) is 0.0714. The number of rotatable bonds is 4. The van der Waals surface area contributed by atoms with E-state index < -0.39 is 5.82 Å². The summed E-state index contributed by atoms with van der Waals surface area (Å²) in [6.07, 6.45) is 0. The van der Waals surface area contributed by atoms with E-state index in [1.807, 2.05) is 0 Å². The Morgan fingerprint density at radius 1 is 1.19 bits per heavy atom. The van der Waals surface area contributed by atoms with E-state index in [-0.39, 0.29) is 17.5 Å². The summed E-state index contributed by atoms with van der Waals surface area (Å²) < 4.78 is 18.7. The lowest BCUT2D eigenvalue weighted by Crippen LogP contribution is -2.13. The third-order valence-electron chi connectivity index (χ3n) is 2.74. The van der Waals surface area contributed by atoms with Crippen molar-refractivity contribution >= 4 is 29.0 Å². The molecular weight excluding hydrogens is 318 g/mol. The molecule has 0 bridgehead atoms. The Morgan fingerprint density at radius 2 is 1.95 bits per heavy atom. The highest BCUT2D eigenvalue weighted by Crippen LogP contribution is 2.23. The number of oxime groups is 1. The number of ether oxygens (including phenoxy) is 1. The second-order valence-electron chi connectivity index (χ2n) is 4.16. The molecule has 2 rings (SSSR count). The van der Waals surface area contributed by atoms with E-state index in [1.165, 1.54) is 12.1 Å². The second kappa shape index (κ2) is 6.65. The minimum atomic E-state index is -0.553. The van der Waals surface area contributed by atoms with E-state index in [4.69, 9.17) is 38.9 Å². The van der Waals surface area contributed by atoms with Crippen molar-refractivity contribution in [3.63, 3.8) is 0 Å². The van der Waals surface area contributed by atoms with Gasteiger partial charge in [0.15, 0.2) is 5.84 Å². The third-order valence-corrected chi connectivity index (χ3v) is 3.40. The SMILES string of the molecule is N/C(=N/O)c1ccc(COc2ccc(Cl)c(F)c2)c(Cl)c1. The predicted octanol–water partition coefficient (Wildman–Crippen LogP) is 3.81. The summed E-state index contributed by atoms with van der Waals surface area (Å²) in [5.74, 6) is -0.250. The summed E-state index contributed by atoms with van der Waals surface area (Å²) >= 11 is 11.7. The summed E-state index contributed by atoms with van der Waals surface area (Å²) in [4.78, 5) is 0. The monoisotopic (exact) mass is 328 g/mol. The molecule has 0 aliphatic heterocycles. The maximum atomic E-state index is 13.3. The van der Waals surface area contributed by atoms with E-state index in [9.17, 15) is 4.39 Å². The van der Waals surface area contributed by atoms with Gasteiger partial charge in [-0.05, 0) is 18.2 Å². The minimum absolute atomic E-state index is 0.0310. The van der Waals surface area contributed by atoms with Gasteiger partial charge >= 0.3 is 0 Å². The molecule has 0 heterocycles. The maximum Gasteiger partial charge on any atom is 0.170 e. The molecule has 0 aliphatic rings. The Bertz CT molecular complexity index is 693. The molecule has 7 heteroatoms. The molecule has 2 aromatic rings. The first kappa shape index (κ1) is 15.4. The zero-order valence-electron chi connectivity index (χ0n) is 10.7.